The first-order valence-corrected chi connectivity index (χ1v) is 2.92. The van der Waals surface area contributed by atoms with Gasteiger partial charge in [-0.3, -0.25) is 4.79 Å². The van der Waals surface area contributed by atoms with Gasteiger partial charge < -0.3 is 9.84 Å². The molecule has 0 aliphatic heterocycles. The molecule has 0 heterocycles. The molecule has 0 saturated carbocycles. The van der Waals surface area contributed by atoms with Gasteiger partial charge in [0.25, 0.3) is 0 Å². The number of alkyl halides is 1. The molecule has 0 aliphatic carbocycles. The molecule has 0 aliphatic rings. The van der Waals surface area contributed by atoms with E-state index in [0.717, 1.165) is 7.11 Å². The first-order chi connectivity index (χ1) is 4.63. The molecule has 10 heavy (non-hydrogen) atoms. The third-order valence-electron chi connectivity index (χ3n) is 0.847. The molecule has 0 fully saturated rings. The second kappa shape index (κ2) is 4.24. The number of ether oxygens (including phenoxy) is 1. The summed E-state index contributed by atoms with van der Waals surface area (Å²) in [4.78, 5) is 20.9. The fourth-order valence-corrected chi connectivity index (χ4v) is 0.473. The van der Waals surface area contributed by atoms with Crippen molar-refractivity contribution in [1.82, 2.24) is 0 Å². The van der Waals surface area contributed by atoms with Gasteiger partial charge in [0.15, 0.2) is 11.2 Å². The number of halogens is 1. The number of aliphatic hydroxyl groups excluding tert-OH is 1. The number of rotatable bonds is 3. The van der Waals surface area contributed by atoms with Gasteiger partial charge in [0.1, 0.15) is 6.61 Å². The van der Waals surface area contributed by atoms with Gasteiger partial charge >= 0.3 is 5.97 Å². The molecule has 0 bridgehead atoms. The van der Waals surface area contributed by atoms with Crippen molar-refractivity contribution in [2.45, 2.75) is 5.38 Å². The van der Waals surface area contributed by atoms with Crippen LogP contribution in [0.15, 0.2) is 0 Å². The van der Waals surface area contributed by atoms with E-state index in [2.05, 4.69) is 4.74 Å². The fourth-order valence-electron chi connectivity index (χ4n) is 0.315. The first-order valence-electron chi connectivity index (χ1n) is 2.49. The quantitative estimate of drug-likeness (QED) is 0.343. The molecule has 1 N–H and O–H groups in total. The highest BCUT2D eigenvalue weighted by atomic mass is 35.5. The minimum atomic E-state index is -1.38. The summed E-state index contributed by atoms with van der Waals surface area (Å²) in [5, 5.41) is 6.83. The van der Waals surface area contributed by atoms with Gasteiger partial charge in [0, 0.05) is 0 Å². The van der Waals surface area contributed by atoms with Crippen LogP contribution in [0.2, 0.25) is 0 Å². The molecular weight excluding hydrogens is 160 g/mol. The average Bonchev–Trinajstić information content (AvgIpc) is 2.00. The maximum Gasteiger partial charge on any atom is 0.331 e. The van der Waals surface area contributed by atoms with Crippen LogP contribution in [0.1, 0.15) is 0 Å². The van der Waals surface area contributed by atoms with Crippen LogP contribution in [-0.2, 0) is 14.3 Å². The Morgan fingerprint density at radius 2 is 2.20 bits per heavy atom. The Bertz CT molecular complexity index is 129. The number of aliphatic hydroxyl groups is 1. The number of esters is 1. The topological polar surface area (TPSA) is 63.6 Å². The van der Waals surface area contributed by atoms with Gasteiger partial charge in [-0.1, -0.05) is 0 Å². The molecule has 0 radical (unpaired) electrons. The van der Waals surface area contributed by atoms with E-state index in [1.54, 1.807) is 0 Å². The van der Waals surface area contributed by atoms with Crippen LogP contribution in [0.4, 0.5) is 0 Å². The monoisotopic (exact) mass is 166 g/mol. The third-order valence-corrected chi connectivity index (χ3v) is 1.27. The lowest BCUT2D eigenvalue weighted by atomic mass is 10.3. The van der Waals surface area contributed by atoms with Crippen LogP contribution in [-0.4, -0.2) is 36.0 Å². The Morgan fingerprint density at radius 3 is 2.50 bits per heavy atom. The fraction of sp³-hybridized carbons (Fsp3) is 0.600. The number of carbonyl (C=O) groups excluding carboxylic acids is 2. The van der Waals surface area contributed by atoms with E-state index in [1.165, 1.54) is 0 Å². The summed E-state index contributed by atoms with van der Waals surface area (Å²) in [7, 11) is 1.11. The van der Waals surface area contributed by atoms with Gasteiger partial charge in [-0.05, 0) is 0 Å². The van der Waals surface area contributed by atoms with E-state index in [4.69, 9.17) is 16.7 Å². The minimum absolute atomic E-state index is 0.747. The zero-order chi connectivity index (χ0) is 8.15. The summed E-state index contributed by atoms with van der Waals surface area (Å²) in [6, 6.07) is 0. The van der Waals surface area contributed by atoms with Crippen LogP contribution in [0.25, 0.3) is 0 Å². The molecule has 1 atom stereocenters. The lowest BCUT2D eigenvalue weighted by Gasteiger charge is -2.02. The number of hydrogen-bond donors (Lipinski definition) is 1. The highest BCUT2D eigenvalue weighted by Gasteiger charge is 2.23. The Hall–Kier alpha value is -0.610. The van der Waals surface area contributed by atoms with E-state index < -0.39 is 23.7 Å². The van der Waals surface area contributed by atoms with Crippen molar-refractivity contribution in [2.24, 2.45) is 0 Å². The Balaban J connectivity index is 3.94. The number of carbonyl (C=O) groups is 2. The number of methoxy groups -OCH3 is 1. The largest absolute Gasteiger partial charge is 0.468 e. The van der Waals surface area contributed by atoms with E-state index >= 15 is 0 Å². The van der Waals surface area contributed by atoms with E-state index in [9.17, 15) is 9.59 Å². The lowest BCUT2D eigenvalue weighted by molar-refractivity contribution is -0.143. The van der Waals surface area contributed by atoms with Crippen LogP contribution in [0, 0.1) is 0 Å². The second-order valence-corrected chi connectivity index (χ2v) is 1.95. The number of ketones is 1. The molecule has 1 unspecified atom stereocenters. The summed E-state index contributed by atoms with van der Waals surface area (Å²) in [6.07, 6.45) is 0. The van der Waals surface area contributed by atoms with Crippen molar-refractivity contribution in [3.05, 3.63) is 0 Å². The summed E-state index contributed by atoms with van der Waals surface area (Å²) in [5.41, 5.74) is 0. The zero-order valence-electron chi connectivity index (χ0n) is 5.33. The summed E-state index contributed by atoms with van der Waals surface area (Å²) < 4.78 is 4.13. The molecule has 0 spiro atoms. The van der Waals surface area contributed by atoms with Gasteiger partial charge in [-0.2, -0.15) is 0 Å². The van der Waals surface area contributed by atoms with Crippen molar-refractivity contribution >= 4 is 23.4 Å². The molecule has 0 aromatic carbocycles. The Kier molecular flexibility index (Phi) is 3.99. The molecule has 0 amide bonds. The molecule has 0 aromatic heterocycles. The van der Waals surface area contributed by atoms with Gasteiger partial charge in [0.05, 0.1) is 7.11 Å². The van der Waals surface area contributed by atoms with Crippen LogP contribution in [0.3, 0.4) is 0 Å². The zero-order valence-corrected chi connectivity index (χ0v) is 6.09. The molecule has 0 saturated heterocycles. The maximum absolute atomic E-state index is 10.4. The van der Waals surface area contributed by atoms with E-state index in [1.807, 2.05) is 0 Å². The Labute approximate surface area is 62.7 Å². The first kappa shape index (κ1) is 9.39. The van der Waals surface area contributed by atoms with Crippen molar-refractivity contribution in [3.63, 3.8) is 0 Å². The van der Waals surface area contributed by atoms with Gasteiger partial charge in [0.2, 0.25) is 0 Å². The maximum atomic E-state index is 10.4. The average molecular weight is 167 g/mol. The van der Waals surface area contributed by atoms with Crippen molar-refractivity contribution in [3.8, 4) is 0 Å². The second-order valence-electron chi connectivity index (χ2n) is 1.51. The number of hydrogen-bond acceptors (Lipinski definition) is 4. The van der Waals surface area contributed by atoms with Crippen molar-refractivity contribution in [2.75, 3.05) is 13.7 Å². The van der Waals surface area contributed by atoms with Crippen LogP contribution >= 0.6 is 11.6 Å². The molecule has 5 heteroatoms. The van der Waals surface area contributed by atoms with Gasteiger partial charge in [-0.25, -0.2) is 4.79 Å². The van der Waals surface area contributed by atoms with Crippen molar-refractivity contribution < 1.29 is 19.4 Å². The number of Topliss-reactive ketones (excluding diaryl/α,β-unsaturated/α-hetero) is 1. The highest BCUT2D eigenvalue weighted by molar-refractivity contribution is 6.41. The van der Waals surface area contributed by atoms with E-state index in [-0.39, 0.29) is 0 Å². The minimum Gasteiger partial charge on any atom is -0.468 e. The van der Waals surface area contributed by atoms with E-state index in [0.29, 0.717) is 0 Å². The molecule has 0 rings (SSSR count). The molecule has 58 valence electrons. The normalized spacial score (nSPS) is 12.3. The standard InChI is InChI=1S/C5H7ClO4/c1-10-5(9)4(6)3(8)2-7/h4,7H,2H2,1H3. The molecule has 4 nitrogen and oxygen atoms in total. The lowest BCUT2D eigenvalue weighted by Crippen LogP contribution is -2.28. The molecular formula is C5H7ClO4. The summed E-state index contributed by atoms with van der Waals surface area (Å²) in [5.74, 6) is -1.60. The van der Waals surface area contributed by atoms with Crippen LogP contribution in [0.5, 0.6) is 0 Å². The van der Waals surface area contributed by atoms with Crippen molar-refractivity contribution in [1.29, 1.82) is 0 Å². The highest BCUT2D eigenvalue weighted by Crippen LogP contribution is 1.98. The predicted octanol–water partition coefficient (Wildman–Crippen LogP) is -0.672. The smallest absolute Gasteiger partial charge is 0.331 e. The van der Waals surface area contributed by atoms with Gasteiger partial charge in [-0.15, -0.1) is 11.6 Å². The summed E-state index contributed by atoms with van der Waals surface area (Å²) in [6.45, 7) is -0.747. The van der Waals surface area contributed by atoms with Crippen LogP contribution < -0.4 is 0 Å². The summed E-state index contributed by atoms with van der Waals surface area (Å²) >= 11 is 5.20. The Morgan fingerprint density at radius 1 is 1.70 bits per heavy atom. The SMILES string of the molecule is COC(=O)C(Cl)C(=O)CO. The third kappa shape index (κ3) is 2.33. The predicted molar refractivity (Wildman–Crippen MR) is 33.7 cm³/mol. The molecule has 0 aromatic rings.